The Morgan fingerprint density at radius 2 is 1.71 bits per heavy atom. The van der Waals surface area contributed by atoms with Crippen molar-refractivity contribution in [2.24, 2.45) is 5.41 Å². The summed E-state index contributed by atoms with van der Waals surface area (Å²) in [6.07, 6.45) is 1.74. The van der Waals surface area contributed by atoms with E-state index in [1.807, 2.05) is 20.8 Å². The Morgan fingerprint density at radius 3 is 2.26 bits per heavy atom. The number of nitrogens with zero attached hydrogens (tertiary/aromatic N) is 1. The topological polar surface area (TPSA) is 63.7 Å². The Hall–Kier alpha value is -2.15. The normalized spacial score (nSPS) is 19.9. The average molecular weight is 462 g/mol. The van der Waals surface area contributed by atoms with E-state index in [1.165, 1.54) is 4.31 Å². The van der Waals surface area contributed by atoms with Crippen LogP contribution in [0.5, 0.6) is 0 Å². The molecular formula is C24H28ClNO4S. The van der Waals surface area contributed by atoms with Crippen LogP contribution < -0.4 is 0 Å². The fraction of sp³-hybridized carbons (Fsp3) is 0.375. The molecule has 1 unspecified atom stereocenters. The van der Waals surface area contributed by atoms with Crippen molar-refractivity contribution < 1.29 is 17.9 Å². The third kappa shape index (κ3) is 4.56. The minimum atomic E-state index is -3.95. The second kappa shape index (κ2) is 8.77. The van der Waals surface area contributed by atoms with E-state index in [0.717, 1.165) is 0 Å². The van der Waals surface area contributed by atoms with Crippen LogP contribution in [0.4, 0.5) is 0 Å². The van der Waals surface area contributed by atoms with E-state index in [-0.39, 0.29) is 11.5 Å². The predicted molar refractivity (Wildman–Crippen MR) is 122 cm³/mol. The fourth-order valence-electron chi connectivity index (χ4n) is 3.88. The number of ether oxygens (including phenoxy) is 1. The van der Waals surface area contributed by atoms with Crippen molar-refractivity contribution in [3.8, 4) is 0 Å². The number of carbonyl (C=O) groups excluding carboxylic acids is 1. The Bertz CT molecular complexity index is 1100. The molecule has 1 aliphatic heterocycles. The maximum Gasteiger partial charge on any atom is 0.335 e. The SMILES string of the molecule is CCOC(=O)C1=C[C@@H](C(C)(C)C)N(S(=O)(=O)c2ccccc2C)C1c1ccc(Cl)cc1. The number of benzene rings is 2. The molecule has 0 fully saturated rings. The molecule has 0 aromatic heterocycles. The van der Waals surface area contributed by atoms with Gasteiger partial charge in [0.2, 0.25) is 10.0 Å². The van der Waals surface area contributed by atoms with Crippen molar-refractivity contribution in [1.29, 1.82) is 0 Å². The molecule has 0 N–H and O–H groups in total. The van der Waals surface area contributed by atoms with Crippen LogP contribution in [0.2, 0.25) is 5.02 Å². The van der Waals surface area contributed by atoms with Crippen molar-refractivity contribution in [1.82, 2.24) is 4.31 Å². The molecule has 0 aliphatic carbocycles. The summed E-state index contributed by atoms with van der Waals surface area (Å²) < 4.78 is 34.8. The first-order valence-electron chi connectivity index (χ1n) is 10.2. The van der Waals surface area contributed by atoms with E-state index < -0.39 is 33.5 Å². The van der Waals surface area contributed by atoms with Gasteiger partial charge in [-0.05, 0) is 48.6 Å². The summed E-state index contributed by atoms with van der Waals surface area (Å²) in [7, 11) is -3.95. The van der Waals surface area contributed by atoms with Crippen molar-refractivity contribution >= 4 is 27.6 Å². The number of hydrogen-bond donors (Lipinski definition) is 0. The lowest BCUT2D eigenvalue weighted by Gasteiger charge is -2.37. The van der Waals surface area contributed by atoms with Gasteiger partial charge in [-0.2, -0.15) is 4.31 Å². The molecule has 0 spiro atoms. The van der Waals surface area contributed by atoms with Crippen molar-refractivity contribution in [2.45, 2.75) is 51.6 Å². The Morgan fingerprint density at radius 1 is 1.10 bits per heavy atom. The standard InChI is InChI=1S/C24H28ClNO4S/c1-6-30-23(27)19-15-21(24(3,4)5)26(22(19)17-11-13-18(25)14-12-17)31(28,29)20-10-8-7-9-16(20)2/h7-15,21-22H,6H2,1-5H3/t21-,22?/m0/s1. The highest BCUT2D eigenvalue weighted by Gasteiger charge is 2.50. The number of hydrogen-bond acceptors (Lipinski definition) is 4. The minimum absolute atomic E-state index is 0.203. The largest absolute Gasteiger partial charge is 0.463 e. The maximum atomic E-state index is 14.0. The molecule has 0 amide bonds. The zero-order chi connectivity index (χ0) is 23.0. The van der Waals surface area contributed by atoms with Crippen LogP contribution in [0.25, 0.3) is 0 Å². The molecule has 3 rings (SSSR count). The second-order valence-corrected chi connectivity index (χ2v) is 11.0. The molecule has 0 saturated carbocycles. The number of esters is 1. The molecule has 1 heterocycles. The molecule has 0 saturated heterocycles. The molecule has 2 aromatic carbocycles. The van der Waals surface area contributed by atoms with Gasteiger partial charge >= 0.3 is 5.97 Å². The summed E-state index contributed by atoms with van der Waals surface area (Å²) in [5, 5.41) is 0.532. The van der Waals surface area contributed by atoms with E-state index >= 15 is 0 Å². The van der Waals surface area contributed by atoms with Crippen LogP contribution in [-0.2, 0) is 19.6 Å². The zero-order valence-corrected chi connectivity index (χ0v) is 20.0. The van der Waals surface area contributed by atoms with Crippen molar-refractivity contribution in [2.75, 3.05) is 6.61 Å². The summed E-state index contributed by atoms with van der Waals surface area (Å²) in [5.41, 5.74) is 1.16. The Labute approximate surface area is 189 Å². The van der Waals surface area contributed by atoms with E-state index in [0.29, 0.717) is 21.7 Å². The highest BCUT2D eigenvalue weighted by Crippen LogP contribution is 2.46. The number of aryl methyl sites for hydroxylation is 1. The predicted octanol–water partition coefficient (Wildman–Crippen LogP) is 5.30. The van der Waals surface area contributed by atoms with E-state index in [9.17, 15) is 13.2 Å². The first kappa shape index (κ1) is 23.5. The first-order chi connectivity index (χ1) is 14.5. The van der Waals surface area contributed by atoms with Gasteiger partial charge in [-0.25, -0.2) is 13.2 Å². The van der Waals surface area contributed by atoms with Crippen LogP contribution in [-0.4, -0.2) is 31.3 Å². The molecule has 5 nitrogen and oxygen atoms in total. The third-order valence-corrected chi connectivity index (χ3v) is 7.65. The number of carbonyl (C=O) groups is 1. The van der Waals surface area contributed by atoms with Crippen molar-refractivity contribution in [3.63, 3.8) is 0 Å². The number of halogens is 1. The Kier molecular flexibility index (Phi) is 6.65. The molecular weight excluding hydrogens is 434 g/mol. The molecule has 1 aliphatic rings. The highest BCUT2D eigenvalue weighted by atomic mass is 35.5. The monoisotopic (exact) mass is 461 g/mol. The van der Waals surface area contributed by atoms with Gasteiger partial charge in [0.15, 0.2) is 0 Å². The van der Waals surface area contributed by atoms with Crippen LogP contribution in [0, 0.1) is 12.3 Å². The molecule has 7 heteroatoms. The van der Waals surface area contributed by atoms with Gasteiger partial charge in [-0.3, -0.25) is 0 Å². The average Bonchev–Trinajstić information content (AvgIpc) is 3.11. The van der Waals surface area contributed by atoms with Gasteiger partial charge in [0, 0.05) is 11.1 Å². The van der Waals surface area contributed by atoms with Gasteiger partial charge in [-0.1, -0.05) is 68.8 Å². The lowest BCUT2D eigenvalue weighted by Crippen LogP contribution is -2.45. The van der Waals surface area contributed by atoms with Crippen LogP contribution in [0.1, 0.15) is 44.9 Å². The summed E-state index contributed by atoms with van der Waals surface area (Å²) in [4.78, 5) is 13.1. The van der Waals surface area contributed by atoms with E-state index in [4.69, 9.17) is 16.3 Å². The van der Waals surface area contributed by atoms with Crippen LogP contribution in [0.3, 0.4) is 0 Å². The van der Waals surface area contributed by atoms with E-state index in [1.54, 1.807) is 68.5 Å². The van der Waals surface area contributed by atoms with Gasteiger partial charge in [0.05, 0.1) is 23.1 Å². The fourth-order valence-corrected chi connectivity index (χ4v) is 6.14. The molecule has 31 heavy (non-hydrogen) atoms. The van der Waals surface area contributed by atoms with Gasteiger partial charge < -0.3 is 4.74 Å². The molecule has 166 valence electrons. The summed E-state index contributed by atoms with van der Waals surface area (Å²) in [5.74, 6) is -0.515. The summed E-state index contributed by atoms with van der Waals surface area (Å²) in [6.45, 7) is 9.58. The second-order valence-electron chi connectivity index (χ2n) is 8.71. The molecule has 2 atom stereocenters. The minimum Gasteiger partial charge on any atom is -0.463 e. The number of sulfonamides is 1. The molecule has 0 radical (unpaired) electrons. The van der Waals surface area contributed by atoms with Gasteiger partial charge in [0.25, 0.3) is 0 Å². The maximum absolute atomic E-state index is 14.0. The van der Waals surface area contributed by atoms with Gasteiger partial charge in [-0.15, -0.1) is 0 Å². The van der Waals surface area contributed by atoms with E-state index in [2.05, 4.69) is 0 Å². The first-order valence-corrected chi connectivity index (χ1v) is 12.0. The quantitative estimate of drug-likeness (QED) is 0.567. The Balaban J connectivity index is 2.26. The van der Waals surface area contributed by atoms with Crippen LogP contribution in [0.15, 0.2) is 65.1 Å². The van der Waals surface area contributed by atoms with Crippen LogP contribution >= 0.6 is 11.6 Å². The number of rotatable bonds is 5. The summed E-state index contributed by atoms with van der Waals surface area (Å²) in [6, 6.07) is 12.4. The molecule has 2 aromatic rings. The lowest BCUT2D eigenvalue weighted by molar-refractivity contribution is -0.138. The zero-order valence-electron chi connectivity index (χ0n) is 18.4. The molecule has 0 bridgehead atoms. The van der Waals surface area contributed by atoms with Gasteiger partial charge in [0.1, 0.15) is 0 Å². The third-order valence-electron chi connectivity index (χ3n) is 5.39. The lowest BCUT2D eigenvalue weighted by atomic mass is 9.87. The smallest absolute Gasteiger partial charge is 0.335 e. The van der Waals surface area contributed by atoms with Crippen molar-refractivity contribution in [3.05, 3.63) is 76.3 Å². The highest BCUT2D eigenvalue weighted by molar-refractivity contribution is 7.89. The summed E-state index contributed by atoms with van der Waals surface area (Å²) >= 11 is 6.07.